The van der Waals surface area contributed by atoms with Crippen LogP contribution in [-0.2, 0) is 6.54 Å². The highest BCUT2D eigenvalue weighted by atomic mass is 16.5. The molecule has 1 atom stereocenters. The predicted octanol–water partition coefficient (Wildman–Crippen LogP) is 1.13. The molecule has 2 aromatic heterocycles. The number of rotatable bonds is 5. The zero-order chi connectivity index (χ0) is 17.9. The van der Waals surface area contributed by atoms with E-state index >= 15 is 0 Å². The van der Waals surface area contributed by atoms with Crippen molar-refractivity contribution >= 4 is 5.91 Å². The molecule has 1 N–H and O–H groups in total. The van der Waals surface area contributed by atoms with E-state index in [1.54, 1.807) is 40.3 Å². The van der Waals surface area contributed by atoms with Crippen LogP contribution < -0.4 is 4.74 Å². The van der Waals surface area contributed by atoms with Gasteiger partial charge in [0.15, 0.2) is 0 Å². The molecule has 0 spiro atoms. The maximum atomic E-state index is 12.8. The average Bonchev–Trinajstić information content (AvgIpc) is 3.06. The lowest BCUT2D eigenvalue weighted by molar-refractivity contribution is -0.0387. The molecule has 1 aliphatic heterocycles. The van der Waals surface area contributed by atoms with Crippen LogP contribution >= 0.6 is 0 Å². The summed E-state index contributed by atoms with van der Waals surface area (Å²) in [4.78, 5) is 18.6. The van der Waals surface area contributed by atoms with E-state index in [0.29, 0.717) is 31.0 Å². The first-order chi connectivity index (χ1) is 12.0. The van der Waals surface area contributed by atoms with E-state index in [2.05, 4.69) is 15.3 Å². The summed E-state index contributed by atoms with van der Waals surface area (Å²) in [6.45, 7) is 5.00. The second-order valence-corrected chi connectivity index (χ2v) is 6.70. The molecule has 1 amide bonds. The number of aliphatic hydroxyl groups is 1. The lowest BCUT2D eigenvalue weighted by Gasteiger charge is -2.39. The number of aromatic nitrogens is 4. The Morgan fingerprint density at radius 1 is 1.44 bits per heavy atom. The van der Waals surface area contributed by atoms with Gasteiger partial charge in [-0.3, -0.25) is 4.79 Å². The molecule has 3 rings (SSSR count). The fourth-order valence-corrected chi connectivity index (χ4v) is 3.06. The summed E-state index contributed by atoms with van der Waals surface area (Å²) in [6.07, 6.45) is 6.18. The first-order valence-electron chi connectivity index (χ1n) is 8.44. The van der Waals surface area contributed by atoms with Crippen LogP contribution in [-0.4, -0.2) is 60.7 Å². The minimum Gasteiger partial charge on any atom is -0.475 e. The van der Waals surface area contributed by atoms with E-state index in [1.807, 2.05) is 13.8 Å². The van der Waals surface area contributed by atoms with E-state index in [1.165, 1.54) is 0 Å². The highest BCUT2D eigenvalue weighted by molar-refractivity contribution is 5.94. The van der Waals surface area contributed by atoms with Crippen LogP contribution in [0.2, 0.25) is 0 Å². The standard InChI is InChI=1S/C17H23N5O3/c1-13(2)25-15-10-14(4-6-18-15)16(23)21-8-3-5-17(24,11-21)12-22-9-7-19-20-22/h4,6-7,9-10,13,24H,3,5,8,11-12H2,1-2H3. The van der Waals surface area contributed by atoms with Gasteiger partial charge in [0.1, 0.15) is 5.60 Å². The molecule has 1 unspecified atom stereocenters. The van der Waals surface area contributed by atoms with Gasteiger partial charge in [0.05, 0.1) is 25.4 Å². The summed E-state index contributed by atoms with van der Waals surface area (Å²) >= 11 is 0. The number of amides is 1. The molecule has 0 saturated carbocycles. The normalized spacial score (nSPS) is 20.7. The van der Waals surface area contributed by atoms with E-state index in [0.717, 1.165) is 6.42 Å². The molecular weight excluding hydrogens is 322 g/mol. The third-order valence-corrected chi connectivity index (χ3v) is 4.11. The second-order valence-electron chi connectivity index (χ2n) is 6.70. The number of hydrogen-bond donors (Lipinski definition) is 1. The number of nitrogens with zero attached hydrogens (tertiary/aromatic N) is 5. The molecular formula is C17H23N5O3. The summed E-state index contributed by atoms with van der Waals surface area (Å²) in [6, 6.07) is 3.31. The third-order valence-electron chi connectivity index (χ3n) is 4.11. The summed E-state index contributed by atoms with van der Waals surface area (Å²) in [5.41, 5.74) is -0.498. The molecule has 0 aliphatic carbocycles. The van der Waals surface area contributed by atoms with Gasteiger partial charge < -0.3 is 14.7 Å². The number of carbonyl (C=O) groups excluding carboxylic acids is 1. The van der Waals surface area contributed by atoms with E-state index in [9.17, 15) is 9.90 Å². The minimum absolute atomic E-state index is 0.0133. The molecule has 8 heteroatoms. The second kappa shape index (κ2) is 7.18. The fraction of sp³-hybridized carbons (Fsp3) is 0.529. The Hall–Kier alpha value is -2.48. The quantitative estimate of drug-likeness (QED) is 0.873. The summed E-state index contributed by atoms with van der Waals surface area (Å²) in [5.74, 6) is 0.295. The Bertz CT molecular complexity index is 719. The van der Waals surface area contributed by atoms with Crippen molar-refractivity contribution < 1.29 is 14.6 Å². The number of ether oxygens (including phenoxy) is 1. The monoisotopic (exact) mass is 345 g/mol. The van der Waals surface area contributed by atoms with Crippen molar-refractivity contribution in [3.05, 3.63) is 36.3 Å². The number of hydrogen-bond acceptors (Lipinski definition) is 6. The number of pyridine rings is 1. The zero-order valence-corrected chi connectivity index (χ0v) is 14.5. The van der Waals surface area contributed by atoms with Gasteiger partial charge in [0.2, 0.25) is 5.88 Å². The Balaban J connectivity index is 1.71. The SMILES string of the molecule is CC(C)Oc1cc(C(=O)N2CCCC(O)(Cn3ccnn3)C2)ccn1. The summed E-state index contributed by atoms with van der Waals surface area (Å²) in [5, 5.41) is 18.5. The molecule has 1 fully saturated rings. The van der Waals surface area contributed by atoms with Crippen molar-refractivity contribution in [3.8, 4) is 5.88 Å². The van der Waals surface area contributed by atoms with Gasteiger partial charge >= 0.3 is 0 Å². The van der Waals surface area contributed by atoms with E-state index in [4.69, 9.17) is 4.74 Å². The zero-order valence-electron chi connectivity index (χ0n) is 14.5. The van der Waals surface area contributed by atoms with Crippen LogP contribution in [0, 0.1) is 0 Å². The highest BCUT2D eigenvalue weighted by Gasteiger charge is 2.36. The maximum Gasteiger partial charge on any atom is 0.254 e. The number of carbonyl (C=O) groups is 1. The highest BCUT2D eigenvalue weighted by Crippen LogP contribution is 2.24. The molecule has 0 aromatic carbocycles. The smallest absolute Gasteiger partial charge is 0.254 e. The molecule has 0 bridgehead atoms. The van der Waals surface area contributed by atoms with Crippen molar-refractivity contribution in [3.63, 3.8) is 0 Å². The lowest BCUT2D eigenvalue weighted by atomic mass is 9.92. The van der Waals surface area contributed by atoms with E-state index in [-0.39, 0.29) is 18.6 Å². The summed E-state index contributed by atoms with van der Waals surface area (Å²) in [7, 11) is 0. The Kier molecular flexibility index (Phi) is 4.98. The average molecular weight is 345 g/mol. The number of β-amino-alcohol motifs (C(OH)–C–C–N with tert-alkyl or cyclic N) is 1. The van der Waals surface area contributed by atoms with Gasteiger partial charge in [-0.15, -0.1) is 5.10 Å². The van der Waals surface area contributed by atoms with Crippen LogP contribution in [0.25, 0.3) is 0 Å². The molecule has 3 heterocycles. The Morgan fingerprint density at radius 3 is 3.00 bits per heavy atom. The van der Waals surface area contributed by atoms with Gasteiger partial charge in [0, 0.05) is 30.6 Å². The van der Waals surface area contributed by atoms with Crippen molar-refractivity contribution in [1.82, 2.24) is 24.9 Å². The van der Waals surface area contributed by atoms with Gasteiger partial charge in [0.25, 0.3) is 5.91 Å². The van der Waals surface area contributed by atoms with Gasteiger partial charge in [-0.2, -0.15) is 0 Å². The largest absolute Gasteiger partial charge is 0.475 e. The molecule has 0 radical (unpaired) electrons. The van der Waals surface area contributed by atoms with Crippen molar-refractivity contribution in [2.24, 2.45) is 0 Å². The number of piperidine rings is 1. The minimum atomic E-state index is -1.01. The van der Waals surface area contributed by atoms with Crippen molar-refractivity contribution in [1.29, 1.82) is 0 Å². The molecule has 134 valence electrons. The molecule has 1 aliphatic rings. The van der Waals surface area contributed by atoms with E-state index < -0.39 is 5.60 Å². The molecule has 8 nitrogen and oxygen atoms in total. The molecule has 25 heavy (non-hydrogen) atoms. The van der Waals surface area contributed by atoms with Gasteiger partial charge in [-0.1, -0.05) is 5.21 Å². The molecule has 2 aromatic rings. The predicted molar refractivity (Wildman–Crippen MR) is 90.1 cm³/mol. The Morgan fingerprint density at radius 2 is 2.28 bits per heavy atom. The van der Waals surface area contributed by atoms with Crippen LogP contribution in [0.15, 0.2) is 30.7 Å². The number of likely N-dealkylation sites (tertiary alicyclic amines) is 1. The Labute approximate surface area is 146 Å². The van der Waals surface area contributed by atoms with Crippen LogP contribution in [0.3, 0.4) is 0 Å². The first kappa shape index (κ1) is 17.3. The van der Waals surface area contributed by atoms with Crippen LogP contribution in [0.5, 0.6) is 5.88 Å². The lowest BCUT2D eigenvalue weighted by Crippen LogP contribution is -2.52. The topological polar surface area (TPSA) is 93.4 Å². The third kappa shape index (κ3) is 4.33. The van der Waals surface area contributed by atoms with Crippen LogP contribution in [0.4, 0.5) is 0 Å². The van der Waals surface area contributed by atoms with Crippen molar-refractivity contribution in [2.75, 3.05) is 13.1 Å². The van der Waals surface area contributed by atoms with Gasteiger partial charge in [-0.25, -0.2) is 9.67 Å². The fourth-order valence-electron chi connectivity index (χ4n) is 3.06. The molecule has 1 saturated heterocycles. The summed E-state index contributed by atoms with van der Waals surface area (Å²) < 4.78 is 7.15. The maximum absolute atomic E-state index is 12.8. The van der Waals surface area contributed by atoms with Crippen LogP contribution in [0.1, 0.15) is 37.0 Å². The van der Waals surface area contributed by atoms with Gasteiger partial charge in [-0.05, 0) is 32.8 Å². The first-order valence-corrected chi connectivity index (χ1v) is 8.44. The van der Waals surface area contributed by atoms with Crippen molar-refractivity contribution in [2.45, 2.75) is 44.9 Å².